The third-order valence-corrected chi connectivity index (χ3v) is 12.0. The molecule has 0 saturated heterocycles. The molecule has 7 atom stereocenters. The summed E-state index contributed by atoms with van der Waals surface area (Å²) in [6.45, 7) is 13.8. The van der Waals surface area contributed by atoms with Crippen LogP contribution in [0.2, 0.25) is 0 Å². The second kappa shape index (κ2) is 7.11. The molecule has 3 fully saturated rings. The smallest absolute Gasteiger partial charge is 0.311 e. The van der Waals surface area contributed by atoms with Gasteiger partial charge in [0.2, 0.25) is 0 Å². The van der Waals surface area contributed by atoms with Gasteiger partial charge in [-0.3, -0.25) is 9.59 Å². The van der Waals surface area contributed by atoms with Gasteiger partial charge in [-0.2, -0.15) is 0 Å². The summed E-state index contributed by atoms with van der Waals surface area (Å²) in [7, 11) is 1.52. The molecule has 0 bridgehead atoms. The van der Waals surface area contributed by atoms with E-state index in [2.05, 4.69) is 46.8 Å². The van der Waals surface area contributed by atoms with Crippen LogP contribution in [0, 0.1) is 38.9 Å². The quantitative estimate of drug-likeness (QED) is 0.429. The minimum atomic E-state index is -0.413. The Bertz CT molecular complexity index is 1060. The maximum atomic E-state index is 12.8. The van der Waals surface area contributed by atoms with Gasteiger partial charge < -0.3 is 9.84 Å². The standard InChI is InChI=1S/C30H42O4/c1-18-19-8-9-22-28(4,20(19)16-21(31)24(18)32)13-15-30(6)23-17-27(3,25(33)34-7)11-10-26(23,2)12-14-29(22,30)5/h8-9,20,23,32H,10-17H2,1-7H3/t20?,23?,26-,27-,28+,29-,30+/m1/s1. The molecule has 186 valence electrons. The Hall–Kier alpha value is -1.84. The predicted octanol–water partition coefficient (Wildman–Crippen LogP) is 6.87. The van der Waals surface area contributed by atoms with Crippen LogP contribution in [0.25, 0.3) is 0 Å². The van der Waals surface area contributed by atoms with Gasteiger partial charge in [0.1, 0.15) is 0 Å². The molecule has 3 saturated carbocycles. The molecule has 0 aliphatic heterocycles. The average molecular weight is 467 g/mol. The van der Waals surface area contributed by atoms with Crippen molar-refractivity contribution in [3.8, 4) is 0 Å². The Labute approximate surface area is 204 Å². The van der Waals surface area contributed by atoms with Gasteiger partial charge in [0.05, 0.1) is 12.5 Å². The van der Waals surface area contributed by atoms with Gasteiger partial charge in [-0.05, 0) is 97.5 Å². The molecule has 34 heavy (non-hydrogen) atoms. The van der Waals surface area contributed by atoms with Gasteiger partial charge >= 0.3 is 5.97 Å². The first-order valence-electron chi connectivity index (χ1n) is 13.2. The third-order valence-electron chi connectivity index (χ3n) is 12.0. The lowest BCUT2D eigenvalue weighted by Gasteiger charge is -2.70. The zero-order valence-corrected chi connectivity index (χ0v) is 22.1. The van der Waals surface area contributed by atoms with Crippen LogP contribution in [-0.4, -0.2) is 24.0 Å². The number of ether oxygens (including phenoxy) is 1. The van der Waals surface area contributed by atoms with E-state index in [4.69, 9.17) is 4.74 Å². The van der Waals surface area contributed by atoms with Crippen LogP contribution < -0.4 is 0 Å². The lowest BCUT2D eigenvalue weighted by atomic mass is 9.34. The third kappa shape index (κ3) is 2.77. The normalized spacial score (nSPS) is 48.0. The van der Waals surface area contributed by atoms with Crippen LogP contribution in [0.4, 0.5) is 0 Å². The topological polar surface area (TPSA) is 63.6 Å². The molecule has 0 aromatic heterocycles. The Kier molecular flexibility index (Phi) is 4.99. The fourth-order valence-corrected chi connectivity index (χ4v) is 9.36. The maximum Gasteiger partial charge on any atom is 0.311 e. The minimum absolute atomic E-state index is 0.0146. The van der Waals surface area contributed by atoms with E-state index in [0.717, 1.165) is 49.7 Å². The lowest BCUT2D eigenvalue weighted by Crippen LogP contribution is -2.63. The summed E-state index contributed by atoms with van der Waals surface area (Å²) in [5, 5.41) is 10.3. The number of allylic oxidation sites excluding steroid dienone is 6. The van der Waals surface area contributed by atoms with E-state index >= 15 is 0 Å². The van der Waals surface area contributed by atoms with Crippen molar-refractivity contribution in [1.82, 2.24) is 0 Å². The molecule has 0 amide bonds. The number of aliphatic hydroxyl groups is 1. The largest absolute Gasteiger partial charge is 0.504 e. The number of hydrogen-bond acceptors (Lipinski definition) is 4. The molecule has 0 aromatic carbocycles. The maximum absolute atomic E-state index is 12.8. The zero-order valence-electron chi connectivity index (χ0n) is 22.1. The van der Waals surface area contributed by atoms with Crippen molar-refractivity contribution in [2.24, 2.45) is 38.9 Å². The number of rotatable bonds is 1. The number of aliphatic hydroxyl groups excluding tert-OH is 1. The molecule has 1 N–H and O–H groups in total. The first-order chi connectivity index (χ1) is 15.8. The molecule has 5 aliphatic rings. The highest BCUT2D eigenvalue weighted by Gasteiger charge is 2.67. The van der Waals surface area contributed by atoms with Crippen molar-refractivity contribution in [2.75, 3.05) is 7.11 Å². The molecule has 0 spiro atoms. The Morgan fingerprint density at radius 2 is 1.68 bits per heavy atom. The van der Waals surface area contributed by atoms with E-state index < -0.39 is 5.41 Å². The number of Topliss-reactive ketones (excluding diaryl/α,β-unsaturated/α-hetero) is 1. The summed E-state index contributed by atoms with van der Waals surface area (Å²) in [6.07, 6.45) is 12.3. The van der Waals surface area contributed by atoms with Gasteiger partial charge in [0, 0.05) is 12.3 Å². The Balaban J connectivity index is 1.61. The second-order valence-electron chi connectivity index (χ2n) is 13.5. The number of carbonyl (C=O) groups excluding carboxylic acids is 2. The first kappa shape index (κ1) is 23.9. The van der Waals surface area contributed by atoms with Crippen LogP contribution in [0.3, 0.4) is 0 Å². The number of carbonyl (C=O) groups is 2. The molecule has 0 heterocycles. The van der Waals surface area contributed by atoms with E-state index in [1.54, 1.807) is 0 Å². The van der Waals surface area contributed by atoms with Crippen LogP contribution in [0.1, 0.15) is 92.9 Å². The van der Waals surface area contributed by atoms with E-state index in [1.807, 2.05) is 6.92 Å². The van der Waals surface area contributed by atoms with Gasteiger partial charge in [0.15, 0.2) is 11.5 Å². The summed E-state index contributed by atoms with van der Waals surface area (Å²) >= 11 is 0. The Morgan fingerprint density at radius 3 is 2.35 bits per heavy atom. The molecule has 2 unspecified atom stereocenters. The van der Waals surface area contributed by atoms with E-state index in [1.165, 1.54) is 19.1 Å². The second-order valence-corrected chi connectivity index (χ2v) is 13.5. The SMILES string of the molecule is COC(=O)[C@]1(C)CC[C@]2(C)CC[C@]3(C)C4=CC=C5C(C)=C(O)C(=O)CC5[C@]4(C)CC[C@@]3(C)C2C1. The molecule has 5 rings (SSSR count). The fraction of sp³-hybridized carbons (Fsp3) is 0.733. The number of fused-ring (bicyclic) bond motifs is 7. The lowest BCUT2D eigenvalue weighted by molar-refractivity contribution is -0.183. The van der Waals surface area contributed by atoms with E-state index in [-0.39, 0.29) is 45.1 Å². The number of methoxy groups -OCH3 is 1. The van der Waals surface area contributed by atoms with Crippen molar-refractivity contribution < 1.29 is 19.4 Å². The van der Waals surface area contributed by atoms with Crippen LogP contribution in [0.5, 0.6) is 0 Å². The van der Waals surface area contributed by atoms with Gasteiger partial charge in [0.25, 0.3) is 0 Å². The van der Waals surface area contributed by atoms with Gasteiger partial charge in [-0.15, -0.1) is 0 Å². The van der Waals surface area contributed by atoms with Gasteiger partial charge in [-0.1, -0.05) is 45.4 Å². The molecule has 4 nitrogen and oxygen atoms in total. The van der Waals surface area contributed by atoms with Crippen LogP contribution in [0.15, 0.2) is 34.6 Å². The summed E-state index contributed by atoms with van der Waals surface area (Å²) in [6, 6.07) is 0. The van der Waals surface area contributed by atoms with Crippen LogP contribution >= 0.6 is 0 Å². The van der Waals surface area contributed by atoms with Crippen molar-refractivity contribution >= 4 is 11.8 Å². The van der Waals surface area contributed by atoms with Crippen LogP contribution in [-0.2, 0) is 14.3 Å². The number of hydrogen-bond donors (Lipinski definition) is 1. The van der Waals surface area contributed by atoms with Crippen molar-refractivity contribution in [3.63, 3.8) is 0 Å². The zero-order chi connectivity index (χ0) is 24.9. The summed E-state index contributed by atoms with van der Waals surface area (Å²) in [4.78, 5) is 25.5. The minimum Gasteiger partial charge on any atom is -0.504 e. The van der Waals surface area contributed by atoms with E-state index in [0.29, 0.717) is 12.3 Å². The van der Waals surface area contributed by atoms with Crippen molar-refractivity contribution in [3.05, 3.63) is 34.6 Å². The fourth-order valence-electron chi connectivity index (χ4n) is 9.36. The molecule has 5 aliphatic carbocycles. The van der Waals surface area contributed by atoms with Gasteiger partial charge in [-0.25, -0.2) is 0 Å². The number of ketones is 1. The first-order valence-corrected chi connectivity index (χ1v) is 13.2. The number of esters is 1. The summed E-state index contributed by atoms with van der Waals surface area (Å²) < 4.78 is 5.27. The summed E-state index contributed by atoms with van der Waals surface area (Å²) in [5.41, 5.74) is 3.25. The molecular formula is C30H42O4. The average Bonchev–Trinajstić information content (AvgIpc) is 2.80. The van der Waals surface area contributed by atoms with Crippen molar-refractivity contribution in [2.45, 2.75) is 92.9 Å². The monoisotopic (exact) mass is 466 g/mol. The highest BCUT2D eigenvalue weighted by Crippen LogP contribution is 2.75. The highest BCUT2D eigenvalue weighted by atomic mass is 16.5. The van der Waals surface area contributed by atoms with E-state index in [9.17, 15) is 14.7 Å². The molecular weight excluding hydrogens is 424 g/mol. The predicted molar refractivity (Wildman–Crippen MR) is 133 cm³/mol. The molecule has 0 aromatic rings. The highest BCUT2D eigenvalue weighted by molar-refractivity contribution is 5.96. The van der Waals surface area contributed by atoms with Crippen molar-refractivity contribution in [1.29, 1.82) is 0 Å². The molecule has 0 radical (unpaired) electrons. The summed E-state index contributed by atoms with van der Waals surface area (Å²) in [5.74, 6) is 0.368. The Morgan fingerprint density at radius 1 is 1.00 bits per heavy atom. The molecule has 4 heteroatoms.